The van der Waals surface area contributed by atoms with Gasteiger partial charge in [0.25, 0.3) is 0 Å². The molecule has 1 aromatic heterocycles. The van der Waals surface area contributed by atoms with Crippen molar-refractivity contribution >= 4 is 16.5 Å². The van der Waals surface area contributed by atoms with E-state index in [-0.39, 0.29) is 0 Å². The molecule has 1 fully saturated rings. The number of benzene rings is 1. The van der Waals surface area contributed by atoms with Gasteiger partial charge in [0, 0.05) is 23.1 Å². The van der Waals surface area contributed by atoms with Gasteiger partial charge in [-0.2, -0.15) is 0 Å². The highest BCUT2D eigenvalue weighted by Crippen LogP contribution is 2.35. The second-order valence-corrected chi connectivity index (χ2v) is 6.68. The smallest absolute Gasteiger partial charge is 0.183 e. The highest BCUT2D eigenvalue weighted by molar-refractivity contribution is 7.14. The van der Waals surface area contributed by atoms with Gasteiger partial charge in [0.2, 0.25) is 0 Å². The zero-order chi connectivity index (χ0) is 16.2. The minimum Gasteiger partial charge on any atom is -0.497 e. The van der Waals surface area contributed by atoms with E-state index in [0.29, 0.717) is 6.04 Å². The van der Waals surface area contributed by atoms with E-state index in [2.05, 4.69) is 22.6 Å². The Balaban J connectivity index is 1.74. The number of methoxy groups -OCH3 is 2. The molecular formula is C17H23N3O2S. The van der Waals surface area contributed by atoms with Crippen molar-refractivity contribution in [3.05, 3.63) is 23.6 Å². The zero-order valence-electron chi connectivity index (χ0n) is 13.8. The summed E-state index contributed by atoms with van der Waals surface area (Å²) in [4.78, 5) is 7.10. The molecule has 5 nitrogen and oxygen atoms in total. The summed E-state index contributed by atoms with van der Waals surface area (Å²) < 4.78 is 10.7. The van der Waals surface area contributed by atoms with E-state index in [1.807, 2.05) is 18.2 Å². The largest absolute Gasteiger partial charge is 0.497 e. The lowest BCUT2D eigenvalue weighted by Crippen LogP contribution is -2.36. The van der Waals surface area contributed by atoms with Crippen LogP contribution in [0.3, 0.4) is 0 Å². The number of piperidine rings is 1. The van der Waals surface area contributed by atoms with Crippen LogP contribution in [-0.2, 0) is 0 Å². The topological polar surface area (TPSA) is 46.6 Å². The maximum absolute atomic E-state index is 5.47. The van der Waals surface area contributed by atoms with E-state index < -0.39 is 0 Å². The highest BCUT2D eigenvalue weighted by Gasteiger charge is 2.18. The fourth-order valence-corrected chi connectivity index (χ4v) is 3.59. The molecule has 1 N–H and O–H groups in total. The number of anilines is 1. The standard InChI is InChI=1S/C17H23N3O2S/c1-20-8-6-12(7-9-20)18-17-19-15(11-23-17)14-5-4-13(21-2)10-16(14)22-3/h4-5,10-12H,6-9H2,1-3H3,(H,18,19). The molecule has 0 unspecified atom stereocenters. The Kier molecular flexibility index (Phi) is 5.03. The number of thiazole rings is 1. The van der Waals surface area contributed by atoms with Crippen LogP contribution in [0.5, 0.6) is 11.5 Å². The molecule has 0 amide bonds. The minimum absolute atomic E-state index is 0.517. The predicted octanol–water partition coefficient (Wildman–Crippen LogP) is 3.33. The van der Waals surface area contributed by atoms with E-state index in [1.54, 1.807) is 25.6 Å². The fraction of sp³-hybridized carbons (Fsp3) is 0.471. The van der Waals surface area contributed by atoms with Crippen molar-refractivity contribution in [2.45, 2.75) is 18.9 Å². The van der Waals surface area contributed by atoms with E-state index >= 15 is 0 Å². The average Bonchev–Trinajstić information content (AvgIpc) is 3.04. The van der Waals surface area contributed by atoms with Crippen LogP contribution in [0.15, 0.2) is 23.6 Å². The van der Waals surface area contributed by atoms with Crippen molar-refractivity contribution in [3.8, 4) is 22.8 Å². The monoisotopic (exact) mass is 333 g/mol. The summed E-state index contributed by atoms with van der Waals surface area (Å²) in [5.41, 5.74) is 1.92. The SMILES string of the molecule is COc1ccc(-c2csc(NC3CCN(C)CC3)n2)c(OC)c1. The maximum atomic E-state index is 5.47. The molecule has 1 aromatic carbocycles. The van der Waals surface area contributed by atoms with Gasteiger partial charge >= 0.3 is 0 Å². The average molecular weight is 333 g/mol. The molecule has 2 heterocycles. The summed E-state index contributed by atoms with van der Waals surface area (Å²) >= 11 is 1.65. The number of aromatic nitrogens is 1. The summed E-state index contributed by atoms with van der Waals surface area (Å²) in [6.07, 6.45) is 2.33. The third kappa shape index (κ3) is 3.76. The van der Waals surface area contributed by atoms with Gasteiger partial charge in [-0.3, -0.25) is 0 Å². The Hall–Kier alpha value is -1.79. The molecule has 124 valence electrons. The second-order valence-electron chi connectivity index (χ2n) is 5.83. The van der Waals surface area contributed by atoms with Crippen LogP contribution >= 0.6 is 11.3 Å². The van der Waals surface area contributed by atoms with Gasteiger partial charge in [-0.1, -0.05) is 0 Å². The molecule has 0 radical (unpaired) electrons. The van der Waals surface area contributed by atoms with E-state index in [9.17, 15) is 0 Å². The van der Waals surface area contributed by atoms with Gasteiger partial charge in [-0.15, -0.1) is 11.3 Å². The van der Waals surface area contributed by atoms with Gasteiger partial charge in [-0.05, 0) is 45.1 Å². The van der Waals surface area contributed by atoms with Gasteiger partial charge in [0.15, 0.2) is 5.13 Å². The van der Waals surface area contributed by atoms with Crippen molar-refractivity contribution in [1.82, 2.24) is 9.88 Å². The summed E-state index contributed by atoms with van der Waals surface area (Å²) in [5, 5.41) is 6.62. The first-order valence-electron chi connectivity index (χ1n) is 7.82. The Morgan fingerprint density at radius 1 is 1.22 bits per heavy atom. The van der Waals surface area contributed by atoms with Crippen LogP contribution in [0.4, 0.5) is 5.13 Å². The van der Waals surface area contributed by atoms with E-state index in [4.69, 9.17) is 14.5 Å². The number of hydrogen-bond acceptors (Lipinski definition) is 6. The number of rotatable bonds is 5. The quantitative estimate of drug-likeness (QED) is 0.909. The molecule has 0 saturated carbocycles. The van der Waals surface area contributed by atoms with Crippen molar-refractivity contribution in [1.29, 1.82) is 0 Å². The van der Waals surface area contributed by atoms with Crippen molar-refractivity contribution in [2.75, 3.05) is 39.7 Å². The Morgan fingerprint density at radius 2 is 2.00 bits per heavy atom. The van der Waals surface area contributed by atoms with Crippen LogP contribution < -0.4 is 14.8 Å². The molecule has 0 atom stereocenters. The highest BCUT2D eigenvalue weighted by atomic mass is 32.1. The lowest BCUT2D eigenvalue weighted by Gasteiger charge is -2.29. The Bertz CT molecular complexity index is 651. The van der Waals surface area contributed by atoms with Gasteiger partial charge in [0.1, 0.15) is 11.5 Å². The first-order chi connectivity index (χ1) is 11.2. The number of hydrogen-bond donors (Lipinski definition) is 1. The van der Waals surface area contributed by atoms with Gasteiger partial charge in [-0.25, -0.2) is 4.98 Å². The Morgan fingerprint density at radius 3 is 2.70 bits per heavy atom. The van der Waals surface area contributed by atoms with Crippen LogP contribution in [0.1, 0.15) is 12.8 Å². The molecule has 3 rings (SSSR count). The molecule has 23 heavy (non-hydrogen) atoms. The molecule has 0 aliphatic carbocycles. The lowest BCUT2D eigenvalue weighted by atomic mass is 10.1. The molecule has 2 aromatic rings. The first-order valence-corrected chi connectivity index (χ1v) is 8.70. The number of ether oxygens (including phenoxy) is 2. The summed E-state index contributed by atoms with van der Waals surface area (Å²) in [6.45, 7) is 2.28. The second kappa shape index (κ2) is 7.19. The number of nitrogens with zero attached hydrogens (tertiary/aromatic N) is 2. The molecule has 1 aliphatic rings. The van der Waals surface area contributed by atoms with E-state index in [1.165, 1.54) is 0 Å². The molecule has 0 bridgehead atoms. The summed E-state index contributed by atoms with van der Waals surface area (Å²) in [5.74, 6) is 1.56. The lowest BCUT2D eigenvalue weighted by molar-refractivity contribution is 0.264. The Labute approximate surface area is 141 Å². The minimum atomic E-state index is 0.517. The van der Waals surface area contributed by atoms with Gasteiger partial charge < -0.3 is 19.7 Å². The van der Waals surface area contributed by atoms with Crippen LogP contribution in [0.2, 0.25) is 0 Å². The van der Waals surface area contributed by atoms with Crippen LogP contribution in [-0.4, -0.2) is 50.3 Å². The first kappa shape index (κ1) is 16.1. The van der Waals surface area contributed by atoms with Crippen molar-refractivity contribution in [2.24, 2.45) is 0 Å². The molecular weight excluding hydrogens is 310 g/mol. The number of nitrogens with one attached hydrogen (secondary N) is 1. The third-order valence-corrected chi connectivity index (χ3v) is 5.01. The molecule has 1 aliphatic heterocycles. The molecule has 1 saturated heterocycles. The third-order valence-electron chi connectivity index (χ3n) is 4.23. The number of likely N-dealkylation sites (tertiary alicyclic amines) is 1. The fourth-order valence-electron chi connectivity index (χ4n) is 2.80. The summed E-state index contributed by atoms with van der Waals surface area (Å²) in [6, 6.07) is 6.33. The molecule has 6 heteroatoms. The van der Waals surface area contributed by atoms with Crippen LogP contribution in [0.25, 0.3) is 11.3 Å². The zero-order valence-corrected chi connectivity index (χ0v) is 14.7. The van der Waals surface area contributed by atoms with E-state index in [0.717, 1.165) is 53.8 Å². The summed E-state index contributed by atoms with van der Waals surface area (Å²) in [7, 11) is 5.50. The van der Waals surface area contributed by atoms with Crippen LogP contribution in [0, 0.1) is 0 Å². The predicted molar refractivity (Wildman–Crippen MR) is 94.8 cm³/mol. The van der Waals surface area contributed by atoms with Crippen molar-refractivity contribution in [3.63, 3.8) is 0 Å². The van der Waals surface area contributed by atoms with Crippen molar-refractivity contribution < 1.29 is 9.47 Å². The maximum Gasteiger partial charge on any atom is 0.183 e. The van der Waals surface area contributed by atoms with Gasteiger partial charge in [0.05, 0.1) is 19.9 Å². The molecule has 0 spiro atoms. The normalized spacial score (nSPS) is 16.3.